The van der Waals surface area contributed by atoms with Crippen LogP contribution in [0.15, 0.2) is 35.4 Å². The van der Waals surface area contributed by atoms with E-state index in [4.69, 9.17) is 12.2 Å². The van der Waals surface area contributed by atoms with Crippen molar-refractivity contribution in [2.75, 3.05) is 6.54 Å². The van der Waals surface area contributed by atoms with Gasteiger partial charge in [0.1, 0.15) is 0 Å². The third-order valence-electron chi connectivity index (χ3n) is 3.26. The molecule has 4 nitrogen and oxygen atoms in total. The zero-order valence-corrected chi connectivity index (χ0v) is 15.8. The lowest BCUT2D eigenvalue weighted by Gasteiger charge is -2.09. The van der Waals surface area contributed by atoms with E-state index < -0.39 is 0 Å². The number of hydrogen-bond acceptors (Lipinski definition) is 2. The molecule has 0 aliphatic carbocycles. The lowest BCUT2D eigenvalue weighted by Crippen LogP contribution is -2.31. The molecular formula is C16H19IN4S. The Hall–Kier alpha value is -1.41. The Kier molecular flexibility index (Phi) is 5.96. The normalized spacial score (nSPS) is 10.9. The largest absolute Gasteiger partial charge is 0.362 e. The van der Waals surface area contributed by atoms with E-state index in [2.05, 4.69) is 87.2 Å². The van der Waals surface area contributed by atoms with Crippen LogP contribution in [-0.4, -0.2) is 22.4 Å². The Morgan fingerprint density at radius 2 is 2.00 bits per heavy atom. The first-order valence-corrected chi connectivity index (χ1v) is 8.53. The smallest absolute Gasteiger partial charge is 0.186 e. The van der Waals surface area contributed by atoms with Crippen molar-refractivity contribution in [2.24, 2.45) is 5.10 Å². The summed E-state index contributed by atoms with van der Waals surface area (Å²) < 4.78 is 3.45. The summed E-state index contributed by atoms with van der Waals surface area (Å²) in [6.07, 6.45) is 1.80. The van der Waals surface area contributed by atoms with E-state index >= 15 is 0 Å². The number of nitrogens with zero attached hydrogens (tertiary/aromatic N) is 2. The maximum absolute atomic E-state index is 5.08. The first kappa shape index (κ1) is 17.0. The maximum Gasteiger partial charge on any atom is 0.186 e. The minimum absolute atomic E-state index is 0.533. The van der Waals surface area contributed by atoms with Crippen LogP contribution in [0, 0.1) is 17.4 Å². The van der Waals surface area contributed by atoms with Gasteiger partial charge in [0.2, 0.25) is 0 Å². The molecule has 6 heteroatoms. The lowest BCUT2D eigenvalue weighted by molar-refractivity contribution is 0.903. The van der Waals surface area contributed by atoms with E-state index in [0.717, 1.165) is 23.5 Å². The summed E-state index contributed by atoms with van der Waals surface area (Å²) >= 11 is 7.39. The van der Waals surface area contributed by atoms with Gasteiger partial charge < -0.3 is 9.88 Å². The SMILES string of the molecule is CCNC(=S)N/N=C/c1cc(C)n(-c2ccc(I)cc2)c1C. The summed E-state index contributed by atoms with van der Waals surface area (Å²) in [6, 6.07) is 10.6. The lowest BCUT2D eigenvalue weighted by atomic mass is 10.2. The molecule has 0 saturated carbocycles. The molecule has 22 heavy (non-hydrogen) atoms. The second-order valence-corrected chi connectivity index (χ2v) is 6.52. The maximum atomic E-state index is 5.08. The van der Waals surface area contributed by atoms with Crippen LogP contribution in [0.5, 0.6) is 0 Å². The molecule has 1 heterocycles. The van der Waals surface area contributed by atoms with Gasteiger partial charge in [0.05, 0.1) is 6.21 Å². The average molecular weight is 426 g/mol. The molecule has 0 fully saturated rings. The summed E-state index contributed by atoms with van der Waals surface area (Å²) in [5.74, 6) is 0. The van der Waals surface area contributed by atoms with E-state index in [-0.39, 0.29) is 0 Å². The molecule has 1 aromatic heterocycles. The zero-order valence-electron chi connectivity index (χ0n) is 12.9. The number of hydrazone groups is 1. The summed E-state index contributed by atoms with van der Waals surface area (Å²) in [5, 5.41) is 7.72. The van der Waals surface area contributed by atoms with Gasteiger partial charge in [-0.2, -0.15) is 5.10 Å². The van der Waals surface area contributed by atoms with Crippen LogP contribution in [0.4, 0.5) is 0 Å². The van der Waals surface area contributed by atoms with Crippen LogP contribution in [0.25, 0.3) is 5.69 Å². The van der Waals surface area contributed by atoms with Crippen LogP contribution >= 0.6 is 34.8 Å². The molecule has 0 bridgehead atoms. The van der Waals surface area contributed by atoms with E-state index in [0.29, 0.717) is 5.11 Å². The van der Waals surface area contributed by atoms with E-state index in [9.17, 15) is 0 Å². The van der Waals surface area contributed by atoms with Gasteiger partial charge in [-0.05, 0) is 85.9 Å². The average Bonchev–Trinajstić information content (AvgIpc) is 2.75. The first-order chi connectivity index (χ1) is 10.5. The monoisotopic (exact) mass is 426 g/mol. The summed E-state index contributed by atoms with van der Waals surface area (Å²) in [5.41, 5.74) is 7.37. The minimum Gasteiger partial charge on any atom is -0.362 e. The molecule has 0 atom stereocenters. The van der Waals surface area contributed by atoms with E-state index in [1.807, 2.05) is 6.92 Å². The predicted molar refractivity (Wildman–Crippen MR) is 105 cm³/mol. The van der Waals surface area contributed by atoms with Crippen molar-refractivity contribution < 1.29 is 0 Å². The van der Waals surface area contributed by atoms with Crippen molar-refractivity contribution in [2.45, 2.75) is 20.8 Å². The highest BCUT2D eigenvalue weighted by atomic mass is 127. The Bertz CT molecular complexity index is 689. The van der Waals surface area contributed by atoms with Crippen LogP contribution < -0.4 is 10.7 Å². The van der Waals surface area contributed by atoms with Gasteiger partial charge in [-0.15, -0.1) is 0 Å². The number of rotatable bonds is 4. The number of thiocarbonyl (C=S) groups is 1. The molecule has 0 spiro atoms. The third-order valence-corrected chi connectivity index (χ3v) is 4.22. The topological polar surface area (TPSA) is 41.4 Å². The van der Waals surface area contributed by atoms with Crippen LogP contribution in [0.3, 0.4) is 0 Å². The Morgan fingerprint density at radius 3 is 2.64 bits per heavy atom. The van der Waals surface area contributed by atoms with E-state index in [1.54, 1.807) is 6.21 Å². The second kappa shape index (κ2) is 7.73. The van der Waals surface area contributed by atoms with Gasteiger partial charge in [0.25, 0.3) is 0 Å². The number of halogens is 1. The summed E-state index contributed by atoms with van der Waals surface area (Å²) in [7, 11) is 0. The van der Waals surface area contributed by atoms with Gasteiger partial charge >= 0.3 is 0 Å². The van der Waals surface area contributed by atoms with Gasteiger partial charge in [-0.1, -0.05) is 0 Å². The highest BCUT2D eigenvalue weighted by Gasteiger charge is 2.09. The van der Waals surface area contributed by atoms with Gasteiger partial charge in [0, 0.05) is 32.8 Å². The highest BCUT2D eigenvalue weighted by molar-refractivity contribution is 14.1. The van der Waals surface area contributed by atoms with Crippen molar-refractivity contribution in [1.82, 2.24) is 15.3 Å². The van der Waals surface area contributed by atoms with Crippen molar-refractivity contribution in [3.8, 4) is 5.69 Å². The molecule has 2 N–H and O–H groups in total. The van der Waals surface area contributed by atoms with Crippen molar-refractivity contribution in [1.29, 1.82) is 0 Å². The Morgan fingerprint density at radius 1 is 1.32 bits per heavy atom. The van der Waals surface area contributed by atoms with Gasteiger partial charge in [-0.3, -0.25) is 5.43 Å². The number of hydrogen-bond donors (Lipinski definition) is 2. The fourth-order valence-electron chi connectivity index (χ4n) is 2.27. The highest BCUT2D eigenvalue weighted by Crippen LogP contribution is 2.20. The molecule has 0 aliphatic heterocycles. The standard InChI is InChI=1S/C16H19IN4S/c1-4-18-16(22)20-19-10-13-9-11(2)21(12(13)3)15-7-5-14(17)6-8-15/h5-10H,4H2,1-3H3,(H2,18,20,22)/b19-10+. The summed E-state index contributed by atoms with van der Waals surface area (Å²) in [6.45, 7) is 6.96. The molecule has 0 amide bonds. The molecule has 116 valence electrons. The molecule has 0 saturated heterocycles. The summed E-state index contributed by atoms with van der Waals surface area (Å²) in [4.78, 5) is 0. The van der Waals surface area contributed by atoms with Gasteiger partial charge in [0.15, 0.2) is 5.11 Å². The van der Waals surface area contributed by atoms with E-state index in [1.165, 1.54) is 9.26 Å². The number of aromatic nitrogens is 1. The Balaban J connectivity index is 2.22. The number of nitrogens with one attached hydrogen (secondary N) is 2. The first-order valence-electron chi connectivity index (χ1n) is 7.04. The molecule has 2 rings (SSSR count). The molecule has 0 aliphatic rings. The molecule has 0 unspecified atom stereocenters. The predicted octanol–water partition coefficient (Wildman–Crippen LogP) is 3.52. The number of benzene rings is 1. The fraction of sp³-hybridized carbons (Fsp3) is 0.250. The van der Waals surface area contributed by atoms with Crippen LogP contribution in [-0.2, 0) is 0 Å². The van der Waals surface area contributed by atoms with Crippen LogP contribution in [0.2, 0.25) is 0 Å². The van der Waals surface area contributed by atoms with Crippen LogP contribution in [0.1, 0.15) is 23.9 Å². The quantitative estimate of drug-likeness (QED) is 0.340. The molecule has 2 aromatic rings. The van der Waals surface area contributed by atoms with Crippen molar-refractivity contribution in [3.63, 3.8) is 0 Å². The van der Waals surface area contributed by atoms with Crippen molar-refractivity contribution in [3.05, 3.63) is 50.9 Å². The molecule has 1 aromatic carbocycles. The fourth-order valence-corrected chi connectivity index (χ4v) is 2.82. The van der Waals surface area contributed by atoms with Crippen molar-refractivity contribution >= 4 is 46.1 Å². The molecule has 0 radical (unpaired) electrons. The van der Waals surface area contributed by atoms with Gasteiger partial charge in [-0.25, -0.2) is 0 Å². The molecular weight excluding hydrogens is 407 g/mol. The number of aryl methyl sites for hydroxylation is 1. The minimum atomic E-state index is 0.533. The Labute approximate surface area is 150 Å². The zero-order chi connectivity index (χ0) is 16.1. The third kappa shape index (κ3) is 4.07. The second-order valence-electron chi connectivity index (χ2n) is 4.87.